The second-order valence-electron chi connectivity index (χ2n) is 7.55. The maximum Gasteiger partial charge on any atom is 0.0137 e. The van der Waals surface area contributed by atoms with Crippen LogP contribution >= 0.6 is 12.4 Å². The molecule has 23 heavy (non-hydrogen) atoms. The molecular formula is C21H44ClN. The summed E-state index contributed by atoms with van der Waals surface area (Å²) in [6.45, 7) is 11.6. The first-order valence-corrected chi connectivity index (χ1v) is 9.98. The Hall–Kier alpha value is -0.0100. The van der Waals surface area contributed by atoms with E-state index < -0.39 is 0 Å². The van der Waals surface area contributed by atoms with Crippen LogP contribution in [0, 0.1) is 0 Å². The van der Waals surface area contributed by atoms with E-state index >= 15 is 0 Å². The molecule has 1 N–H and O–H groups in total. The monoisotopic (exact) mass is 345 g/mol. The highest BCUT2D eigenvalue weighted by molar-refractivity contribution is 5.85. The summed E-state index contributed by atoms with van der Waals surface area (Å²) in [5, 5.41) is 3.53. The van der Waals surface area contributed by atoms with E-state index in [2.05, 4.69) is 32.7 Å². The van der Waals surface area contributed by atoms with Gasteiger partial charge in [0.25, 0.3) is 0 Å². The summed E-state index contributed by atoms with van der Waals surface area (Å²) in [5.41, 5.74) is 0.270. The van der Waals surface area contributed by atoms with Crippen molar-refractivity contribution < 1.29 is 0 Å². The maximum absolute atomic E-state index is 3.77. The standard InChI is InChI=1S/C21H43N.ClH/c1-5-7-8-9-10-11-12-13-14-15-16-17-18-19-21(3,4)22-20-6-2;/h6,22H,2,5,7-20H2,1,3-4H3;1H. The zero-order chi connectivity index (χ0) is 16.5. The average molecular weight is 346 g/mol. The van der Waals surface area contributed by atoms with Gasteiger partial charge in [0.05, 0.1) is 0 Å². The predicted octanol–water partition coefficient (Wildman–Crippen LogP) is 7.44. The molecule has 1 nitrogen and oxygen atoms in total. The fraction of sp³-hybridized carbons (Fsp3) is 0.905. The molecule has 0 heterocycles. The van der Waals surface area contributed by atoms with Gasteiger partial charge in [-0.15, -0.1) is 19.0 Å². The lowest BCUT2D eigenvalue weighted by atomic mass is 9.96. The molecule has 0 saturated heterocycles. The van der Waals surface area contributed by atoms with Crippen LogP contribution in [0.3, 0.4) is 0 Å². The van der Waals surface area contributed by atoms with Gasteiger partial charge in [-0.25, -0.2) is 0 Å². The Kier molecular flexibility index (Phi) is 20.1. The Morgan fingerprint density at radius 1 is 0.739 bits per heavy atom. The molecule has 0 atom stereocenters. The van der Waals surface area contributed by atoms with Crippen LogP contribution < -0.4 is 5.32 Å². The third kappa shape index (κ3) is 19.9. The van der Waals surface area contributed by atoms with Crippen molar-refractivity contribution in [3.8, 4) is 0 Å². The first kappa shape index (κ1) is 25.2. The zero-order valence-corrected chi connectivity index (χ0v) is 17.1. The molecule has 0 unspecified atom stereocenters. The highest BCUT2D eigenvalue weighted by Crippen LogP contribution is 2.16. The molecule has 2 heteroatoms. The number of unbranched alkanes of at least 4 members (excludes halogenated alkanes) is 12. The summed E-state index contributed by atoms with van der Waals surface area (Å²) in [5.74, 6) is 0. The molecule has 0 fully saturated rings. The van der Waals surface area contributed by atoms with Crippen LogP contribution in [0.4, 0.5) is 0 Å². The first-order valence-electron chi connectivity index (χ1n) is 9.98. The van der Waals surface area contributed by atoms with Crippen molar-refractivity contribution in [3.63, 3.8) is 0 Å². The molecular weight excluding hydrogens is 302 g/mol. The summed E-state index contributed by atoms with van der Waals surface area (Å²) in [6.07, 6.45) is 21.9. The molecule has 0 aromatic rings. The van der Waals surface area contributed by atoms with E-state index in [0.717, 1.165) is 6.54 Å². The molecule has 0 aliphatic heterocycles. The normalized spacial score (nSPS) is 11.3. The Labute approximate surface area is 153 Å². The SMILES string of the molecule is C=CCNC(C)(C)CCCCCCCCCCCCCCC.Cl. The summed E-state index contributed by atoms with van der Waals surface area (Å²) in [4.78, 5) is 0. The third-order valence-electron chi connectivity index (χ3n) is 4.63. The fourth-order valence-corrected chi connectivity index (χ4v) is 3.02. The van der Waals surface area contributed by atoms with Crippen LogP contribution in [0.1, 0.15) is 111 Å². The molecule has 0 aromatic carbocycles. The maximum atomic E-state index is 3.77. The molecule has 0 aliphatic rings. The van der Waals surface area contributed by atoms with Gasteiger partial charge in [0.2, 0.25) is 0 Å². The van der Waals surface area contributed by atoms with Crippen LogP contribution in [-0.2, 0) is 0 Å². The average Bonchev–Trinajstić information content (AvgIpc) is 2.50. The van der Waals surface area contributed by atoms with Gasteiger partial charge in [0.15, 0.2) is 0 Å². The lowest BCUT2D eigenvalue weighted by Crippen LogP contribution is -2.39. The van der Waals surface area contributed by atoms with Crippen LogP contribution in [0.15, 0.2) is 12.7 Å². The van der Waals surface area contributed by atoms with E-state index in [0.29, 0.717) is 0 Å². The fourth-order valence-electron chi connectivity index (χ4n) is 3.02. The van der Waals surface area contributed by atoms with Crippen molar-refractivity contribution >= 4 is 12.4 Å². The van der Waals surface area contributed by atoms with E-state index in [9.17, 15) is 0 Å². The number of hydrogen-bond acceptors (Lipinski definition) is 1. The molecule has 0 aliphatic carbocycles. The number of nitrogens with one attached hydrogen (secondary N) is 1. The second kappa shape index (κ2) is 18.3. The van der Waals surface area contributed by atoms with Crippen molar-refractivity contribution in [2.24, 2.45) is 0 Å². The van der Waals surface area contributed by atoms with Crippen molar-refractivity contribution in [1.82, 2.24) is 5.32 Å². The van der Waals surface area contributed by atoms with Gasteiger partial charge < -0.3 is 5.32 Å². The van der Waals surface area contributed by atoms with E-state index in [-0.39, 0.29) is 17.9 Å². The van der Waals surface area contributed by atoms with Crippen molar-refractivity contribution in [1.29, 1.82) is 0 Å². The van der Waals surface area contributed by atoms with Crippen molar-refractivity contribution in [2.45, 2.75) is 116 Å². The van der Waals surface area contributed by atoms with Gasteiger partial charge in [-0.3, -0.25) is 0 Å². The Bertz CT molecular complexity index is 238. The first-order chi connectivity index (χ1) is 10.6. The van der Waals surface area contributed by atoms with Crippen LogP contribution in [0.5, 0.6) is 0 Å². The lowest BCUT2D eigenvalue weighted by molar-refractivity contribution is 0.361. The molecule has 140 valence electrons. The van der Waals surface area contributed by atoms with E-state index in [1.54, 1.807) is 0 Å². The van der Waals surface area contributed by atoms with Gasteiger partial charge in [-0.05, 0) is 20.3 Å². The van der Waals surface area contributed by atoms with Crippen molar-refractivity contribution in [3.05, 3.63) is 12.7 Å². The summed E-state index contributed by atoms with van der Waals surface area (Å²) in [7, 11) is 0. The van der Waals surface area contributed by atoms with Crippen LogP contribution in [0.2, 0.25) is 0 Å². The van der Waals surface area contributed by atoms with Gasteiger partial charge in [-0.1, -0.05) is 96.5 Å². The van der Waals surface area contributed by atoms with Crippen LogP contribution in [-0.4, -0.2) is 12.1 Å². The van der Waals surface area contributed by atoms with Crippen LogP contribution in [0.25, 0.3) is 0 Å². The summed E-state index contributed by atoms with van der Waals surface area (Å²) >= 11 is 0. The minimum Gasteiger partial charge on any atom is -0.308 e. The minimum atomic E-state index is 0. The summed E-state index contributed by atoms with van der Waals surface area (Å²) < 4.78 is 0. The topological polar surface area (TPSA) is 12.0 Å². The molecule has 0 rings (SSSR count). The van der Waals surface area contributed by atoms with Gasteiger partial charge in [-0.2, -0.15) is 0 Å². The second-order valence-corrected chi connectivity index (χ2v) is 7.55. The highest BCUT2D eigenvalue weighted by atomic mass is 35.5. The number of halogens is 1. The largest absolute Gasteiger partial charge is 0.308 e. The molecule has 0 bridgehead atoms. The number of rotatable bonds is 17. The lowest BCUT2D eigenvalue weighted by Gasteiger charge is -2.25. The van der Waals surface area contributed by atoms with Gasteiger partial charge in [0.1, 0.15) is 0 Å². The Morgan fingerprint density at radius 2 is 1.13 bits per heavy atom. The highest BCUT2D eigenvalue weighted by Gasteiger charge is 2.14. The van der Waals surface area contributed by atoms with Gasteiger partial charge in [0, 0.05) is 12.1 Å². The third-order valence-corrected chi connectivity index (χ3v) is 4.63. The van der Waals surface area contributed by atoms with E-state index in [1.165, 1.54) is 89.9 Å². The molecule has 0 aromatic heterocycles. The number of hydrogen-bond donors (Lipinski definition) is 1. The molecule has 0 radical (unpaired) electrons. The quantitative estimate of drug-likeness (QED) is 0.213. The Morgan fingerprint density at radius 3 is 1.52 bits per heavy atom. The Balaban J connectivity index is 0. The molecule has 0 amide bonds. The van der Waals surface area contributed by atoms with E-state index in [1.807, 2.05) is 6.08 Å². The smallest absolute Gasteiger partial charge is 0.0137 e. The summed E-state index contributed by atoms with van der Waals surface area (Å²) in [6, 6.07) is 0. The predicted molar refractivity (Wildman–Crippen MR) is 110 cm³/mol. The van der Waals surface area contributed by atoms with Crippen molar-refractivity contribution in [2.75, 3.05) is 6.54 Å². The zero-order valence-electron chi connectivity index (χ0n) is 16.3. The molecule has 0 spiro atoms. The minimum absolute atomic E-state index is 0. The molecule has 0 saturated carbocycles. The van der Waals surface area contributed by atoms with Gasteiger partial charge >= 0.3 is 0 Å². The van der Waals surface area contributed by atoms with E-state index in [4.69, 9.17) is 0 Å².